The Kier molecular flexibility index (Phi) is 11.8. The molecule has 0 aromatic heterocycles. The van der Waals surface area contributed by atoms with Crippen LogP contribution in [0.5, 0.6) is 0 Å². The van der Waals surface area contributed by atoms with Crippen molar-refractivity contribution in [3.63, 3.8) is 0 Å². The van der Waals surface area contributed by atoms with Gasteiger partial charge in [0.1, 0.15) is 0 Å². The molecule has 0 amide bonds. The fourth-order valence-electron chi connectivity index (χ4n) is 6.39. The summed E-state index contributed by atoms with van der Waals surface area (Å²) in [7, 11) is 0.650. The minimum atomic E-state index is 0. The molecule has 0 nitrogen and oxygen atoms in total. The summed E-state index contributed by atoms with van der Waals surface area (Å²) in [4.78, 5) is 0. The second kappa shape index (κ2) is 14.4. The van der Waals surface area contributed by atoms with Gasteiger partial charge in [0, 0.05) is 0 Å². The smallest absolute Gasteiger partial charge is 0.358 e. The van der Waals surface area contributed by atoms with E-state index in [0.29, 0.717) is 15.4 Å². The van der Waals surface area contributed by atoms with E-state index in [9.17, 15) is 0 Å². The maximum atomic E-state index is 4.25. The normalized spacial score (nSPS) is 14.2. The molecule has 0 spiro atoms. The van der Waals surface area contributed by atoms with E-state index in [1.165, 1.54) is 60.5 Å². The Hall–Kier alpha value is -2.68. The van der Waals surface area contributed by atoms with Crippen LogP contribution in [0.25, 0.3) is 39.1 Å². The Morgan fingerprint density at radius 3 is 1.80 bits per heavy atom. The van der Waals surface area contributed by atoms with Crippen LogP contribution in [0.15, 0.2) is 102 Å². The maximum Gasteiger partial charge on any atom is 4.00 e. The van der Waals surface area contributed by atoms with Gasteiger partial charge in [0.2, 0.25) is 0 Å². The van der Waals surface area contributed by atoms with Crippen molar-refractivity contribution in [1.82, 2.24) is 0 Å². The molecule has 1 unspecified atom stereocenters. The summed E-state index contributed by atoms with van der Waals surface area (Å²) in [6.07, 6.45) is 4.53. The topological polar surface area (TPSA) is 0 Å². The summed E-state index contributed by atoms with van der Waals surface area (Å²) in [5, 5.41) is 5.65. The SMILES string of the molecule is [CH2-]CCC1C([Si]c2cc3c(-c4ccc(C(C)(C)C)cc4)cccc3[cH-]2)=Cc2c(-c3ccc(C(C)(C)C)cc3)cccc21.[CH3-].[CH3-].[Hf+4]. The van der Waals surface area contributed by atoms with Crippen molar-refractivity contribution in [2.24, 2.45) is 0 Å². The van der Waals surface area contributed by atoms with E-state index in [1.807, 2.05) is 0 Å². The molecule has 5 aromatic rings. The third kappa shape index (κ3) is 7.49. The van der Waals surface area contributed by atoms with Crippen LogP contribution in [0.1, 0.15) is 82.6 Å². The van der Waals surface area contributed by atoms with Crippen LogP contribution in [0.4, 0.5) is 0 Å². The fraction of sp³-hybridized carbons (Fsp3) is 0.256. The maximum absolute atomic E-state index is 4.25. The van der Waals surface area contributed by atoms with Gasteiger partial charge in [-0.1, -0.05) is 138 Å². The zero-order valence-electron chi connectivity index (χ0n) is 28.5. The molecule has 0 saturated heterocycles. The van der Waals surface area contributed by atoms with Gasteiger partial charge in [0.05, 0.1) is 9.52 Å². The molecule has 6 rings (SSSR count). The quantitative estimate of drug-likeness (QED) is 0.119. The Morgan fingerprint density at radius 1 is 0.711 bits per heavy atom. The van der Waals surface area contributed by atoms with Crippen molar-refractivity contribution in [3.05, 3.63) is 146 Å². The zero-order valence-corrected chi connectivity index (χ0v) is 33.1. The first kappa shape index (κ1) is 36.8. The molecular weight excluding hydrogens is 723 g/mol. The number of hydrogen-bond donors (Lipinski definition) is 0. The van der Waals surface area contributed by atoms with Gasteiger partial charge in [-0.15, -0.1) is 34.2 Å². The standard InChI is InChI=1S/C41H42Si.2CH3.Hf/c1-8-11-36-35-15-10-14-34(28-18-22-31(23-19-28)41(5,6)7)38(35)26-39(36)42-32-24-29-12-9-13-33(37(29)25-32)27-16-20-30(21-17-27)40(2,3)4;;;/h9-10,12-26,36H,1,8,11H2,2-7H3;2*1H3;/q-2;2*-1;+4. The zero-order chi connectivity index (χ0) is 29.6. The van der Waals surface area contributed by atoms with Crippen molar-refractivity contribution in [3.8, 4) is 22.3 Å². The first-order valence-corrected chi connectivity index (χ1v) is 16.3. The largest absolute Gasteiger partial charge is 4.00 e. The second-order valence-electron chi connectivity index (χ2n) is 13.9. The number of rotatable bonds is 6. The monoisotopic (exact) mass is 772 g/mol. The number of benzene rings is 4. The molecule has 0 bridgehead atoms. The number of hydrogen-bond acceptors (Lipinski definition) is 0. The van der Waals surface area contributed by atoms with Crippen molar-refractivity contribution in [2.45, 2.75) is 71.1 Å². The minimum Gasteiger partial charge on any atom is -0.358 e. The van der Waals surface area contributed by atoms with Gasteiger partial charge in [0.25, 0.3) is 0 Å². The molecular formula is C43H48HfSi. The molecule has 0 saturated carbocycles. The Morgan fingerprint density at radius 2 is 1.24 bits per heavy atom. The van der Waals surface area contributed by atoms with Gasteiger partial charge in [-0.2, -0.15) is 12.5 Å². The van der Waals surface area contributed by atoms with Crippen LogP contribution in [0.2, 0.25) is 0 Å². The molecule has 5 aromatic carbocycles. The summed E-state index contributed by atoms with van der Waals surface area (Å²) in [5.74, 6) is 0.437. The van der Waals surface area contributed by atoms with Crippen molar-refractivity contribution in [1.29, 1.82) is 0 Å². The molecule has 1 aliphatic rings. The predicted octanol–water partition coefficient (Wildman–Crippen LogP) is 11.5. The Bertz CT molecular complexity index is 1750. The van der Waals surface area contributed by atoms with Gasteiger partial charge in [-0.25, -0.2) is 0 Å². The minimum absolute atomic E-state index is 0. The van der Waals surface area contributed by atoms with Gasteiger partial charge in [-0.05, 0) is 55.7 Å². The predicted molar refractivity (Wildman–Crippen MR) is 198 cm³/mol. The molecule has 0 heterocycles. The van der Waals surface area contributed by atoms with Gasteiger partial charge in [-0.3, -0.25) is 0 Å². The van der Waals surface area contributed by atoms with Crippen LogP contribution in [-0.4, -0.2) is 9.52 Å². The summed E-state index contributed by atoms with van der Waals surface area (Å²) in [5.41, 5.74) is 11.2. The fourth-order valence-corrected chi connectivity index (χ4v) is 7.85. The summed E-state index contributed by atoms with van der Waals surface area (Å²) >= 11 is 0. The molecule has 1 atom stereocenters. The van der Waals surface area contributed by atoms with Gasteiger partial charge >= 0.3 is 25.8 Å². The van der Waals surface area contributed by atoms with Crippen LogP contribution < -0.4 is 5.19 Å². The molecule has 0 aliphatic heterocycles. The third-order valence-corrected chi connectivity index (χ3v) is 10.2. The Labute approximate surface area is 295 Å². The number of allylic oxidation sites excluding steroid dienone is 1. The molecule has 0 N–H and O–H groups in total. The first-order chi connectivity index (χ1) is 20.0. The van der Waals surface area contributed by atoms with E-state index in [0.717, 1.165) is 12.8 Å². The molecule has 45 heavy (non-hydrogen) atoms. The van der Waals surface area contributed by atoms with E-state index in [2.05, 4.69) is 152 Å². The van der Waals surface area contributed by atoms with Crippen molar-refractivity contribution in [2.75, 3.05) is 0 Å². The molecule has 1 aliphatic carbocycles. The third-order valence-electron chi connectivity index (χ3n) is 8.85. The van der Waals surface area contributed by atoms with E-state index in [-0.39, 0.29) is 51.5 Å². The second-order valence-corrected chi connectivity index (χ2v) is 15.3. The summed E-state index contributed by atoms with van der Waals surface area (Å²) in [6, 6.07) is 36.9. The van der Waals surface area contributed by atoms with Crippen LogP contribution in [0.3, 0.4) is 0 Å². The van der Waals surface area contributed by atoms with Crippen LogP contribution in [-0.2, 0) is 36.7 Å². The van der Waals surface area contributed by atoms with E-state index in [1.54, 1.807) is 5.20 Å². The van der Waals surface area contributed by atoms with Crippen molar-refractivity contribution < 1.29 is 25.8 Å². The molecule has 2 radical (unpaired) electrons. The van der Waals surface area contributed by atoms with Crippen LogP contribution >= 0.6 is 0 Å². The van der Waals surface area contributed by atoms with Gasteiger partial charge < -0.3 is 21.8 Å². The van der Waals surface area contributed by atoms with E-state index in [4.69, 9.17) is 0 Å². The molecule has 0 fully saturated rings. The van der Waals surface area contributed by atoms with Crippen molar-refractivity contribution >= 4 is 31.6 Å². The molecule has 228 valence electrons. The van der Waals surface area contributed by atoms with E-state index >= 15 is 0 Å². The summed E-state index contributed by atoms with van der Waals surface area (Å²) < 4.78 is 0. The average Bonchev–Trinajstić information content (AvgIpc) is 3.53. The van der Waals surface area contributed by atoms with Crippen LogP contribution in [0, 0.1) is 21.8 Å². The first-order valence-electron chi connectivity index (χ1n) is 15.3. The summed E-state index contributed by atoms with van der Waals surface area (Å²) in [6.45, 7) is 17.9. The average molecular weight is 771 g/mol. The Balaban J connectivity index is 0.00000184. The van der Waals surface area contributed by atoms with Gasteiger partial charge in [0.15, 0.2) is 0 Å². The van der Waals surface area contributed by atoms with E-state index < -0.39 is 0 Å². The molecule has 2 heteroatoms. The number of fused-ring (bicyclic) bond motifs is 2.